The predicted molar refractivity (Wildman–Crippen MR) is 85.7 cm³/mol. The molecular formula is C16H25N5. The summed E-state index contributed by atoms with van der Waals surface area (Å²) < 4.78 is 2.05. The molecule has 5 heteroatoms. The first kappa shape index (κ1) is 15.5. The molecule has 0 aliphatic heterocycles. The lowest BCUT2D eigenvalue weighted by atomic mass is 10.1. The molecule has 0 atom stereocenters. The number of nitrogens with one attached hydrogen (secondary N) is 1. The van der Waals surface area contributed by atoms with Crippen molar-refractivity contribution in [3.05, 3.63) is 34.9 Å². The van der Waals surface area contributed by atoms with Crippen LogP contribution in [0.1, 0.15) is 49.0 Å². The molecule has 0 radical (unpaired) electrons. The highest BCUT2D eigenvalue weighted by atomic mass is 15.3. The molecule has 0 amide bonds. The second-order valence-electron chi connectivity index (χ2n) is 5.84. The van der Waals surface area contributed by atoms with Crippen LogP contribution in [-0.2, 0) is 6.54 Å². The molecule has 2 aromatic heterocycles. The standard InChI is InChI=1S/C16H25N5/c1-11(2)15-10-12(3)18-16(19-15)17-7-6-8-21-14(5)9-13(4)20-21/h9-11H,6-8H2,1-5H3,(H,17,18,19). The maximum Gasteiger partial charge on any atom is 0.223 e. The summed E-state index contributed by atoms with van der Waals surface area (Å²) >= 11 is 0. The summed E-state index contributed by atoms with van der Waals surface area (Å²) in [6, 6.07) is 4.15. The highest BCUT2D eigenvalue weighted by Gasteiger charge is 2.05. The van der Waals surface area contributed by atoms with E-state index in [0.29, 0.717) is 5.92 Å². The molecule has 0 saturated heterocycles. The number of hydrogen-bond acceptors (Lipinski definition) is 4. The maximum atomic E-state index is 4.55. The molecule has 5 nitrogen and oxygen atoms in total. The Morgan fingerprint density at radius 2 is 1.86 bits per heavy atom. The summed E-state index contributed by atoms with van der Waals surface area (Å²) in [5, 5.41) is 7.78. The van der Waals surface area contributed by atoms with Gasteiger partial charge in [0.2, 0.25) is 5.95 Å². The average Bonchev–Trinajstić information content (AvgIpc) is 2.72. The van der Waals surface area contributed by atoms with Gasteiger partial charge in [-0.25, -0.2) is 9.97 Å². The van der Waals surface area contributed by atoms with Gasteiger partial charge in [-0.2, -0.15) is 5.10 Å². The Kier molecular flexibility index (Phi) is 4.94. The zero-order chi connectivity index (χ0) is 15.4. The smallest absolute Gasteiger partial charge is 0.223 e. The van der Waals surface area contributed by atoms with E-state index in [1.807, 2.05) is 24.6 Å². The minimum Gasteiger partial charge on any atom is -0.354 e. The van der Waals surface area contributed by atoms with Crippen molar-refractivity contribution in [3.63, 3.8) is 0 Å². The first-order valence-corrected chi connectivity index (χ1v) is 7.56. The van der Waals surface area contributed by atoms with E-state index in [2.05, 4.69) is 47.2 Å². The Balaban J connectivity index is 1.87. The summed E-state index contributed by atoms with van der Waals surface area (Å²) in [7, 11) is 0. The van der Waals surface area contributed by atoms with Gasteiger partial charge in [-0.15, -0.1) is 0 Å². The van der Waals surface area contributed by atoms with Crippen LogP contribution >= 0.6 is 0 Å². The van der Waals surface area contributed by atoms with E-state index in [9.17, 15) is 0 Å². The van der Waals surface area contributed by atoms with Crippen molar-refractivity contribution in [1.29, 1.82) is 0 Å². The van der Waals surface area contributed by atoms with Gasteiger partial charge in [-0.3, -0.25) is 4.68 Å². The molecule has 21 heavy (non-hydrogen) atoms. The summed E-state index contributed by atoms with van der Waals surface area (Å²) in [5.41, 5.74) is 4.38. The van der Waals surface area contributed by atoms with Crippen LogP contribution in [0.4, 0.5) is 5.95 Å². The van der Waals surface area contributed by atoms with Gasteiger partial charge >= 0.3 is 0 Å². The van der Waals surface area contributed by atoms with Gasteiger partial charge < -0.3 is 5.32 Å². The monoisotopic (exact) mass is 287 g/mol. The highest BCUT2D eigenvalue weighted by molar-refractivity contribution is 5.28. The van der Waals surface area contributed by atoms with Gasteiger partial charge in [0.05, 0.1) is 5.69 Å². The topological polar surface area (TPSA) is 55.6 Å². The molecule has 0 spiro atoms. The van der Waals surface area contributed by atoms with Gasteiger partial charge in [0.15, 0.2) is 0 Å². The van der Waals surface area contributed by atoms with E-state index >= 15 is 0 Å². The van der Waals surface area contributed by atoms with E-state index in [0.717, 1.165) is 42.5 Å². The average molecular weight is 287 g/mol. The lowest BCUT2D eigenvalue weighted by Crippen LogP contribution is -2.11. The Hall–Kier alpha value is -1.91. The fourth-order valence-electron chi connectivity index (χ4n) is 2.30. The Morgan fingerprint density at radius 3 is 2.48 bits per heavy atom. The van der Waals surface area contributed by atoms with E-state index in [1.165, 1.54) is 5.69 Å². The largest absolute Gasteiger partial charge is 0.354 e. The molecule has 0 aromatic carbocycles. The van der Waals surface area contributed by atoms with Gasteiger partial charge in [0.25, 0.3) is 0 Å². The summed E-state index contributed by atoms with van der Waals surface area (Å²) in [4.78, 5) is 8.99. The van der Waals surface area contributed by atoms with Crippen LogP contribution in [0.5, 0.6) is 0 Å². The third-order valence-corrected chi connectivity index (χ3v) is 3.40. The van der Waals surface area contributed by atoms with Gasteiger partial charge in [-0.05, 0) is 45.2 Å². The van der Waals surface area contributed by atoms with Crippen LogP contribution in [0, 0.1) is 20.8 Å². The Bertz CT molecular complexity index is 601. The zero-order valence-corrected chi connectivity index (χ0v) is 13.6. The summed E-state index contributed by atoms with van der Waals surface area (Å²) in [5.74, 6) is 1.15. The normalized spacial score (nSPS) is 11.1. The second-order valence-corrected chi connectivity index (χ2v) is 5.84. The second kappa shape index (κ2) is 6.70. The lowest BCUT2D eigenvalue weighted by Gasteiger charge is -2.10. The minimum absolute atomic E-state index is 0.418. The highest BCUT2D eigenvalue weighted by Crippen LogP contribution is 2.14. The third-order valence-electron chi connectivity index (χ3n) is 3.40. The van der Waals surface area contributed by atoms with Crippen LogP contribution in [0.2, 0.25) is 0 Å². The van der Waals surface area contributed by atoms with Gasteiger partial charge in [-0.1, -0.05) is 13.8 Å². The number of rotatable bonds is 6. The quantitative estimate of drug-likeness (QED) is 0.829. The van der Waals surface area contributed by atoms with Crippen LogP contribution < -0.4 is 5.32 Å². The van der Waals surface area contributed by atoms with Crippen LogP contribution in [0.15, 0.2) is 12.1 Å². The third kappa shape index (κ3) is 4.28. The van der Waals surface area contributed by atoms with Crippen LogP contribution in [-0.4, -0.2) is 26.3 Å². The molecule has 1 N–H and O–H groups in total. The molecule has 2 aromatic rings. The molecule has 0 fully saturated rings. The van der Waals surface area contributed by atoms with Crippen molar-refractivity contribution in [2.75, 3.05) is 11.9 Å². The molecule has 0 bridgehead atoms. The zero-order valence-electron chi connectivity index (χ0n) is 13.6. The fourth-order valence-corrected chi connectivity index (χ4v) is 2.30. The van der Waals surface area contributed by atoms with Crippen LogP contribution in [0.25, 0.3) is 0 Å². The number of anilines is 1. The Morgan fingerprint density at radius 1 is 1.10 bits per heavy atom. The fraction of sp³-hybridized carbons (Fsp3) is 0.562. The van der Waals surface area contributed by atoms with Crippen molar-refractivity contribution in [2.45, 2.75) is 53.5 Å². The number of aryl methyl sites for hydroxylation is 4. The SMILES string of the molecule is Cc1cc(C(C)C)nc(NCCCn2nc(C)cc2C)n1. The van der Waals surface area contributed by atoms with Crippen LogP contribution in [0.3, 0.4) is 0 Å². The predicted octanol–water partition coefficient (Wildman–Crippen LogP) is 3.22. The number of aromatic nitrogens is 4. The number of nitrogens with zero attached hydrogens (tertiary/aromatic N) is 4. The van der Waals surface area contributed by atoms with E-state index in [4.69, 9.17) is 0 Å². The molecule has 2 rings (SSSR count). The van der Waals surface area contributed by atoms with Crippen molar-refractivity contribution in [2.24, 2.45) is 0 Å². The molecule has 0 saturated carbocycles. The number of hydrogen-bond donors (Lipinski definition) is 1. The van der Waals surface area contributed by atoms with Crippen molar-refractivity contribution < 1.29 is 0 Å². The molecular weight excluding hydrogens is 262 g/mol. The minimum atomic E-state index is 0.418. The first-order valence-electron chi connectivity index (χ1n) is 7.56. The molecule has 0 unspecified atom stereocenters. The Labute approximate surface area is 126 Å². The van der Waals surface area contributed by atoms with Crippen molar-refractivity contribution >= 4 is 5.95 Å². The molecule has 114 valence electrons. The van der Waals surface area contributed by atoms with Crippen molar-refractivity contribution in [1.82, 2.24) is 19.7 Å². The van der Waals surface area contributed by atoms with E-state index < -0.39 is 0 Å². The first-order chi connectivity index (χ1) is 9.95. The summed E-state index contributed by atoms with van der Waals surface area (Å²) in [6.45, 7) is 12.2. The summed E-state index contributed by atoms with van der Waals surface area (Å²) in [6.07, 6.45) is 0.996. The van der Waals surface area contributed by atoms with Gasteiger partial charge in [0, 0.05) is 30.2 Å². The maximum absolute atomic E-state index is 4.55. The molecule has 2 heterocycles. The van der Waals surface area contributed by atoms with Gasteiger partial charge in [0.1, 0.15) is 0 Å². The van der Waals surface area contributed by atoms with Crippen molar-refractivity contribution in [3.8, 4) is 0 Å². The molecule has 0 aliphatic carbocycles. The van der Waals surface area contributed by atoms with E-state index in [1.54, 1.807) is 0 Å². The van der Waals surface area contributed by atoms with E-state index in [-0.39, 0.29) is 0 Å². The lowest BCUT2D eigenvalue weighted by molar-refractivity contribution is 0.573. The molecule has 0 aliphatic rings.